The van der Waals surface area contributed by atoms with Crippen molar-refractivity contribution in [1.82, 2.24) is 15.2 Å². The smallest absolute Gasteiger partial charge is 0.270 e. The normalized spacial score (nSPS) is 14.1. The van der Waals surface area contributed by atoms with Crippen molar-refractivity contribution in [2.24, 2.45) is 0 Å². The van der Waals surface area contributed by atoms with E-state index in [9.17, 15) is 9.18 Å². The van der Waals surface area contributed by atoms with Crippen molar-refractivity contribution in [3.8, 4) is 28.1 Å². The Kier molecular flexibility index (Phi) is 9.17. The Morgan fingerprint density at radius 1 is 1.11 bits per heavy atom. The molecule has 1 aromatic heterocycles. The molecule has 7 heteroatoms. The second kappa shape index (κ2) is 12.5. The zero-order chi connectivity index (χ0) is 26.4. The molecule has 0 bridgehead atoms. The average molecular weight is 524 g/mol. The summed E-state index contributed by atoms with van der Waals surface area (Å²) in [6.45, 7) is 3.17. The maximum atomic E-state index is 14.5. The first-order valence-corrected chi connectivity index (χ1v) is 13.4. The van der Waals surface area contributed by atoms with Crippen LogP contribution in [0.4, 0.5) is 4.39 Å². The lowest BCUT2D eigenvalue weighted by Crippen LogP contribution is -2.36. The summed E-state index contributed by atoms with van der Waals surface area (Å²) in [6, 6.07) is 14.2. The number of aromatic nitrogens is 1. The van der Waals surface area contributed by atoms with Crippen LogP contribution in [-0.2, 0) is 0 Å². The largest absolute Gasteiger partial charge is 0.492 e. The van der Waals surface area contributed by atoms with E-state index in [0.717, 1.165) is 55.3 Å². The van der Waals surface area contributed by atoms with Gasteiger partial charge in [-0.05, 0) is 81.7 Å². The molecule has 2 aromatic carbocycles. The molecule has 1 fully saturated rings. The van der Waals surface area contributed by atoms with Crippen LogP contribution in [-0.4, -0.2) is 49.1 Å². The Labute approximate surface area is 224 Å². The van der Waals surface area contributed by atoms with Gasteiger partial charge in [0.1, 0.15) is 17.3 Å². The number of nitrogens with zero attached hydrogens (tertiary/aromatic N) is 2. The average Bonchev–Trinajstić information content (AvgIpc) is 2.89. The number of carbonyl (C=O) groups is 1. The molecule has 0 aliphatic heterocycles. The number of halogens is 2. The lowest BCUT2D eigenvalue weighted by atomic mass is 9.94. The molecular weight excluding hydrogens is 489 g/mol. The van der Waals surface area contributed by atoms with Gasteiger partial charge in [0, 0.05) is 23.7 Å². The maximum absolute atomic E-state index is 14.5. The van der Waals surface area contributed by atoms with E-state index in [1.54, 1.807) is 25.1 Å². The lowest BCUT2D eigenvalue weighted by molar-refractivity contribution is 0.0923. The van der Waals surface area contributed by atoms with E-state index >= 15 is 0 Å². The molecule has 1 aliphatic rings. The van der Waals surface area contributed by atoms with Crippen LogP contribution in [0.15, 0.2) is 48.5 Å². The van der Waals surface area contributed by atoms with Gasteiger partial charge in [0.05, 0.1) is 17.3 Å². The standard InChI is InChI=1S/C30H35ClFN3O2/c1-20-23(11-7-12-26(20)32)24-14-16-27(30(36)33-22-9-5-4-6-10-22)34-29(24)21-13-15-25(31)28(19-21)37-18-8-17-35(2)3/h7,11-16,19,22H,4-6,8-10,17-18H2,1-3H3,(H,33,36). The molecule has 1 N–H and O–H groups in total. The zero-order valence-electron chi connectivity index (χ0n) is 21.8. The predicted molar refractivity (Wildman–Crippen MR) is 148 cm³/mol. The van der Waals surface area contributed by atoms with Gasteiger partial charge in [0.2, 0.25) is 0 Å². The minimum absolute atomic E-state index is 0.175. The fourth-order valence-electron chi connectivity index (χ4n) is 4.75. The van der Waals surface area contributed by atoms with E-state index in [-0.39, 0.29) is 17.8 Å². The van der Waals surface area contributed by atoms with Crippen molar-refractivity contribution in [3.05, 3.63) is 70.6 Å². The van der Waals surface area contributed by atoms with Gasteiger partial charge in [-0.1, -0.05) is 49.1 Å². The first-order chi connectivity index (χ1) is 17.8. The van der Waals surface area contributed by atoms with Crippen LogP contribution in [0.2, 0.25) is 5.02 Å². The molecule has 1 heterocycles. The highest BCUT2D eigenvalue weighted by atomic mass is 35.5. The summed E-state index contributed by atoms with van der Waals surface area (Å²) in [4.78, 5) is 20.0. The highest BCUT2D eigenvalue weighted by molar-refractivity contribution is 6.32. The Morgan fingerprint density at radius 2 is 1.89 bits per heavy atom. The molecule has 4 rings (SSSR count). The van der Waals surface area contributed by atoms with Gasteiger partial charge in [-0.25, -0.2) is 9.37 Å². The van der Waals surface area contributed by atoms with Crippen molar-refractivity contribution in [1.29, 1.82) is 0 Å². The molecule has 1 amide bonds. The van der Waals surface area contributed by atoms with E-state index in [1.165, 1.54) is 12.5 Å². The number of pyridine rings is 1. The van der Waals surface area contributed by atoms with Crippen LogP contribution >= 0.6 is 11.6 Å². The number of ether oxygens (including phenoxy) is 1. The van der Waals surface area contributed by atoms with Gasteiger partial charge in [-0.3, -0.25) is 4.79 Å². The summed E-state index contributed by atoms with van der Waals surface area (Å²) in [5, 5.41) is 3.65. The summed E-state index contributed by atoms with van der Waals surface area (Å²) in [5.41, 5.74) is 3.66. The molecule has 3 aromatic rings. The van der Waals surface area contributed by atoms with Crippen LogP contribution in [0.3, 0.4) is 0 Å². The summed E-state index contributed by atoms with van der Waals surface area (Å²) in [5.74, 6) is 0.0760. The minimum atomic E-state index is -0.288. The molecule has 5 nitrogen and oxygen atoms in total. The molecule has 0 unspecified atom stereocenters. The third-order valence-electron chi connectivity index (χ3n) is 6.84. The van der Waals surface area contributed by atoms with Gasteiger partial charge >= 0.3 is 0 Å². The fourth-order valence-corrected chi connectivity index (χ4v) is 4.92. The zero-order valence-corrected chi connectivity index (χ0v) is 22.6. The molecule has 0 atom stereocenters. The summed E-state index contributed by atoms with van der Waals surface area (Å²) in [6.07, 6.45) is 6.31. The van der Waals surface area contributed by atoms with Crippen LogP contribution in [0.25, 0.3) is 22.4 Å². The summed E-state index contributed by atoms with van der Waals surface area (Å²) in [7, 11) is 4.04. The van der Waals surface area contributed by atoms with Gasteiger partial charge in [0.25, 0.3) is 5.91 Å². The quantitative estimate of drug-likeness (QED) is 0.310. The number of nitrogens with one attached hydrogen (secondary N) is 1. The predicted octanol–water partition coefficient (Wildman–Crippen LogP) is 6.91. The van der Waals surface area contributed by atoms with Gasteiger partial charge in [0.15, 0.2) is 0 Å². The molecule has 0 radical (unpaired) electrons. The van der Waals surface area contributed by atoms with Crippen molar-refractivity contribution in [3.63, 3.8) is 0 Å². The molecule has 37 heavy (non-hydrogen) atoms. The SMILES string of the molecule is Cc1c(F)cccc1-c1ccc(C(=O)NC2CCCCC2)nc1-c1ccc(Cl)c(OCCCN(C)C)c1. The second-order valence-corrected chi connectivity index (χ2v) is 10.4. The van der Waals surface area contributed by atoms with Crippen LogP contribution in [0.5, 0.6) is 5.75 Å². The topological polar surface area (TPSA) is 54.5 Å². The molecule has 196 valence electrons. The van der Waals surface area contributed by atoms with Gasteiger partial charge in [-0.15, -0.1) is 0 Å². The molecule has 1 aliphatic carbocycles. The van der Waals surface area contributed by atoms with Crippen molar-refractivity contribution in [2.45, 2.75) is 51.5 Å². The number of hydrogen-bond donors (Lipinski definition) is 1. The molecular formula is C30H35ClFN3O2. The van der Waals surface area contributed by atoms with E-state index in [1.807, 2.05) is 38.4 Å². The molecule has 0 saturated heterocycles. The highest BCUT2D eigenvalue weighted by Crippen LogP contribution is 2.37. The summed E-state index contributed by atoms with van der Waals surface area (Å²) >= 11 is 6.45. The Morgan fingerprint density at radius 3 is 2.65 bits per heavy atom. The van der Waals surface area contributed by atoms with Crippen LogP contribution < -0.4 is 10.1 Å². The van der Waals surface area contributed by atoms with Crippen LogP contribution in [0.1, 0.15) is 54.6 Å². The highest BCUT2D eigenvalue weighted by Gasteiger charge is 2.21. The number of benzene rings is 2. The van der Waals surface area contributed by atoms with Gasteiger partial charge in [-0.2, -0.15) is 0 Å². The Bertz CT molecular complexity index is 1240. The molecule has 1 saturated carbocycles. The fraction of sp³-hybridized carbons (Fsp3) is 0.400. The van der Waals surface area contributed by atoms with Crippen LogP contribution in [0, 0.1) is 12.7 Å². The number of rotatable bonds is 9. The third kappa shape index (κ3) is 6.88. The minimum Gasteiger partial charge on any atom is -0.492 e. The van der Waals surface area contributed by atoms with Gasteiger partial charge < -0.3 is 15.0 Å². The number of amides is 1. The monoisotopic (exact) mass is 523 g/mol. The summed E-state index contributed by atoms with van der Waals surface area (Å²) < 4.78 is 20.5. The van der Waals surface area contributed by atoms with E-state index in [2.05, 4.69) is 10.2 Å². The van der Waals surface area contributed by atoms with Crippen molar-refractivity contribution in [2.75, 3.05) is 27.2 Å². The van der Waals surface area contributed by atoms with E-state index in [4.69, 9.17) is 21.3 Å². The number of carbonyl (C=O) groups excluding carboxylic acids is 1. The van der Waals surface area contributed by atoms with Crippen molar-refractivity contribution < 1.29 is 13.9 Å². The van der Waals surface area contributed by atoms with E-state index < -0.39 is 0 Å². The Hall–Kier alpha value is -2.96. The van der Waals surface area contributed by atoms with Crippen molar-refractivity contribution >= 4 is 17.5 Å². The lowest BCUT2D eigenvalue weighted by Gasteiger charge is -2.23. The maximum Gasteiger partial charge on any atom is 0.270 e. The molecule has 0 spiro atoms. The third-order valence-corrected chi connectivity index (χ3v) is 7.15. The first kappa shape index (κ1) is 27.1. The number of hydrogen-bond acceptors (Lipinski definition) is 4. The first-order valence-electron chi connectivity index (χ1n) is 13.0. The van der Waals surface area contributed by atoms with E-state index in [0.29, 0.717) is 34.3 Å². The second-order valence-electron chi connectivity index (χ2n) is 9.96. The Balaban J connectivity index is 1.71.